The van der Waals surface area contributed by atoms with Crippen LogP contribution in [0, 0.1) is 11.6 Å². The molecule has 1 aliphatic carbocycles. The summed E-state index contributed by atoms with van der Waals surface area (Å²) >= 11 is 1.40. The Morgan fingerprint density at radius 3 is 2.14 bits per heavy atom. The van der Waals surface area contributed by atoms with E-state index in [1.165, 1.54) is 54.2 Å². The third kappa shape index (κ3) is 5.25. The van der Waals surface area contributed by atoms with E-state index in [4.69, 9.17) is 4.99 Å². The van der Waals surface area contributed by atoms with Gasteiger partial charge < -0.3 is 9.88 Å². The average Bonchev–Trinajstić information content (AvgIpc) is 3.23. The van der Waals surface area contributed by atoms with Crippen LogP contribution in [0.15, 0.2) is 83.9 Å². The van der Waals surface area contributed by atoms with Crippen molar-refractivity contribution >= 4 is 27.9 Å². The normalized spacial score (nSPS) is 14.7. The molecule has 1 aliphatic rings. The molecule has 0 bridgehead atoms. The number of benzene rings is 3. The van der Waals surface area contributed by atoms with Gasteiger partial charge in [-0.25, -0.2) is 13.8 Å². The van der Waals surface area contributed by atoms with Crippen molar-refractivity contribution in [3.8, 4) is 11.3 Å². The number of amides is 1. The summed E-state index contributed by atoms with van der Waals surface area (Å²) in [6.07, 6.45) is 5.47. The molecule has 5 rings (SSSR count). The summed E-state index contributed by atoms with van der Waals surface area (Å²) in [5.41, 5.74) is 2.79. The second-order valence-electron chi connectivity index (χ2n) is 8.64. The van der Waals surface area contributed by atoms with Gasteiger partial charge in [-0.1, -0.05) is 48.8 Å². The predicted octanol–water partition coefficient (Wildman–Crippen LogP) is 7.48. The fraction of sp³-hybridized carbons (Fsp3) is 0.214. The lowest BCUT2D eigenvalue weighted by molar-refractivity contribution is 0.102. The minimum absolute atomic E-state index is 0.221. The summed E-state index contributed by atoms with van der Waals surface area (Å²) < 4.78 is 29.4. The van der Waals surface area contributed by atoms with Crippen LogP contribution >= 0.6 is 11.3 Å². The Kier molecular flexibility index (Phi) is 6.86. The van der Waals surface area contributed by atoms with Gasteiger partial charge in [-0.05, 0) is 73.5 Å². The van der Waals surface area contributed by atoms with Crippen LogP contribution in [0.4, 0.5) is 19.5 Å². The van der Waals surface area contributed by atoms with Crippen LogP contribution in [0.1, 0.15) is 48.5 Å². The van der Waals surface area contributed by atoms with Crippen molar-refractivity contribution in [3.05, 3.63) is 101 Å². The molecular formula is C28H25F2N3OS. The first-order chi connectivity index (χ1) is 17.1. The van der Waals surface area contributed by atoms with Crippen molar-refractivity contribution in [3.63, 3.8) is 0 Å². The molecule has 0 atom stereocenters. The number of aromatic nitrogens is 1. The summed E-state index contributed by atoms with van der Waals surface area (Å²) in [7, 11) is 0. The Labute approximate surface area is 206 Å². The van der Waals surface area contributed by atoms with Crippen LogP contribution in [0.25, 0.3) is 11.3 Å². The number of hydrogen-bond donors (Lipinski definition) is 1. The lowest BCUT2D eigenvalue weighted by Gasteiger charge is -2.25. The molecule has 3 aromatic carbocycles. The molecule has 0 radical (unpaired) electrons. The Hall–Kier alpha value is -3.58. The Bertz CT molecular complexity index is 1370. The molecule has 0 aliphatic heterocycles. The first-order valence-electron chi connectivity index (χ1n) is 11.8. The molecular weight excluding hydrogens is 464 g/mol. The van der Waals surface area contributed by atoms with Crippen LogP contribution in [0.3, 0.4) is 0 Å². The molecule has 4 nitrogen and oxygen atoms in total. The zero-order chi connectivity index (χ0) is 24.2. The smallest absolute Gasteiger partial charge is 0.256 e. The summed E-state index contributed by atoms with van der Waals surface area (Å²) in [6, 6.07) is 21.7. The molecule has 35 heavy (non-hydrogen) atoms. The molecule has 4 aromatic rings. The van der Waals surface area contributed by atoms with Gasteiger partial charge in [0.1, 0.15) is 16.6 Å². The van der Waals surface area contributed by atoms with Crippen molar-refractivity contribution in [2.24, 2.45) is 4.99 Å². The first-order valence-corrected chi connectivity index (χ1v) is 12.6. The van der Waals surface area contributed by atoms with Crippen LogP contribution in [0.2, 0.25) is 0 Å². The van der Waals surface area contributed by atoms with E-state index in [-0.39, 0.29) is 17.8 Å². The molecule has 1 N–H and O–H groups in total. The Morgan fingerprint density at radius 2 is 1.49 bits per heavy atom. The van der Waals surface area contributed by atoms with E-state index < -0.39 is 5.82 Å². The van der Waals surface area contributed by atoms with Gasteiger partial charge in [-0.15, -0.1) is 0 Å². The molecule has 7 heteroatoms. The number of rotatable bonds is 5. The zero-order valence-electron chi connectivity index (χ0n) is 19.1. The number of nitrogens with zero attached hydrogens (tertiary/aromatic N) is 2. The van der Waals surface area contributed by atoms with Gasteiger partial charge >= 0.3 is 0 Å². The minimum atomic E-state index is -0.399. The molecule has 0 unspecified atom stereocenters. The maximum Gasteiger partial charge on any atom is 0.256 e. The van der Waals surface area contributed by atoms with Gasteiger partial charge in [0.15, 0.2) is 4.80 Å². The first kappa shape index (κ1) is 23.2. The second kappa shape index (κ2) is 10.4. The third-order valence-corrected chi connectivity index (χ3v) is 7.20. The van der Waals surface area contributed by atoms with Gasteiger partial charge in [-0.3, -0.25) is 4.79 Å². The van der Waals surface area contributed by atoms with E-state index in [2.05, 4.69) is 9.88 Å². The third-order valence-electron chi connectivity index (χ3n) is 6.23. The number of nitrogens with one attached hydrogen (secondary N) is 1. The van der Waals surface area contributed by atoms with Gasteiger partial charge in [0.25, 0.3) is 5.91 Å². The summed E-state index contributed by atoms with van der Waals surface area (Å²) in [5, 5.41) is 3.66. The van der Waals surface area contributed by atoms with Crippen LogP contribution < -0.4 is 10.1 Å². The van der Waals surface area contributed by atoms with E-state index in [0.717, 1.165) is 47.4 Å². The fourth-order valence-corrected chi connectivity index (χ4v) is 5.63. The lowest BCUT2D eigenvalue weighted by atomic mass is 9.95. The summed E-state index contributed by atoms with van der Waals surface area (Å²) in [4.78, 5) is 18.8. The number of carbonyl (C=O) groups is 1. The number of thiazole rings is 1. The monoisotopic (exact) mass is 489 g/mol. The van der Waals surface area contributed by atoms with Gasteiger partial charge in [0.2, 0.25) is 0 Å². The maximum absolute atomic E-state index is 13.8. The van der Waals surface area contributed by atoms with E-state index in [1.807, 2.05) is 30.3 Å². The van der Waals surface area contributed by atoms with E-state index in [0.29, 0.717) is 10.6 Å². The second-order valence-corrected chi connectivity index (χ2v) is 9.62. The highest BCUT2D eigenvalue weighted by molar-refractivity contribution is 7.14. The van der Waals surface area contributed by atoms with Crippen molar-refractivity contribution < 1.29 is 13.6 Å². The van der Waals surface area contributed by atoms with Crippen molar-refractivity contribution in [1.82, 2.24) is 4.57 Å². The number of para-hydroxylation sites is 1. The van der Waals surface area contributed by atoms with Crippen LogP contribution in [0.5, 0.6) is 0 Å². The van der Waals surface area contributed by atoms with Crippen LogP contribution in [-0.4, -0.2) is 10.5 Å². The molecule has 1 amide bonds. The number of hydrogen-bond acceptors (Lipinski definition) is 3. The van der Waals surface area contributed by atoms with Crippen molar-refractivity contribution in [2.75, 3.05) is 5.32 Å². The SMILES string of the molecule is O=C(Nc1sc(=Nc2ccccc2)n(C2CCCCC2)c1-c1ccc(F)cc1)c1ccc(F)cc1. The molecule has 1 fully saturated rings. The minimum Gasteiger partial charge on any atom is -0.312 e. The molecule has 0 spiro atoms. The quantitative estimate of drug-likeness (QED) is 0.310. The topological polar surface area (TPSA) is 46.4 Å². The summed E-state index contributed by atoms with van der Waals surface area (Å²) in [5.74, 6) is -1.06. The number of carbonyl (C=O) groups excluding carboxylic acids is 1. The van der Waals surface area contributed by atoms with Crippen molar-refractivity contribution in [2.45, 2.75) is 38.1 Å². The Balaban J connectivity index is 1.68. The lowest BCUT2D eigenvalue weighted by Crippen LogP contribution is -2.24. The maximum atomic E-state index is 13.8. The largest absolute Gasteiger partial charge is 0.312 e. The Morgan fingerprint density at radius 1 is 0.857 bits per heavy atom. The van der Waals surface area contributed by atoms with Crippen LogP contribution in [-0.2, 0) is 0 Å². The number of anilines is 1. The molecule has 0 saturated heterocycles. The molecule has 1 heterocycles. The highest BCUT2D eigenvalue weighted by atomic mass is 32.1. The van der Waals surface area contributed by atoms with Gasteiger partial charge in [-0.2, -0.15) is 0 Å². The summed E-state index contributed by atoms with van der Waals surface area (Å²) in [6.45, 7) is 0. The van der Waals surface area contributed by atoms with Gasteiger partial charge in [0, 0.05) is 17.2 Å². The molecule has 1 aromatic heterocycles. The molecule has 178 valence electrons. The van der Waals surface area contributed by atoms with E-state index in [9.17, 15) is 13.6 Å². The van der Waals surface area contributed by atoms with Crippen molar-refractivity contribution in [1.29, 1.82) is 0 Å². The molecule has 1 saturated carbocycles. The predicted molar refractivity (Wildman–Crippen MR) is 136 cm³/mol. The highest BCUT2D eigenvalue weighted by Crippen LogP contribution is 2.38. The highest BCUT2D eigenvalue weighted by Gasteiger charge is 2.25. The van der Waals surface area contributed by atoms with E-state index >= 15 is 0 Å². The van der Waals surface area contributed by atoms with E-state index in [1.54, 1.807) is 12.1 Å². The average molecular weight is 490 g/mol. The number of halogens is 2. The standard InChI is InChI=1S/C28H25F2N3OS/c29-21-15-11-19(12-16-21)25-27(32-26(34)20-13-17-22(30)18-14-20)35-28(31-23-7-3-1-4-8-23)33(25)24-9-5-2-6-10-24/h1,3-4,7-8,11-18,24H,2,5-6,9-10H2,(H,32,34). The zero-order valence-corrected chi connectivity index (χ0v) is 19.9. The van der Waals surface area contributed by atoms with Gasteiger partial charge in [0.05, 0.1) is 11.4 Å². The fourth-order valence-electron chi connectivity index (χ4n) is 4.50.